The van der Waals surface area contributed by atoms with Crippen molar-refractivity contribution in [1.29, 1.82) is 0 Å². The minimum Gasteiger partial charge on any atom is -0.394 e. The third-order valence-electron chi connectivity index (χ3n) is 12.6. The second-order valence-corrected chi connectivity index (χ2v) is 19.3. The Bertz CT molecular complexity index is 1730. The Morgan fingerprint density at radius 1 is 0.467 bits per heavy atom. The second kappa shape index (κ2) is 53.2. The van der Waals surface area contributed by atoms with Gasteiger partial charge in [0.15, 0.2) is 6.29 Å². The van der Waals surface area contributed by atoms with Crippen LogP contribution in [0.3, 0.4) is 0 Å². The third kappa shape index (κ3) is 42.6. The van der Waals surface area contributed by atoms with E-state index in [1.54, 1.807) is 6.08 Å². The van der Waals surface area contributed by atoms with Crippen LogP contribution in [0.15, 0.2) is 158 Å². The highest BCUT2D eigenvalue weighted by atomic mass is 16.7. The van der Waals surface area contributed by atoms with Crippen LogP contribution in [0.5, 0.6) is 0 Å². The smallest absolute Gasteiger partial charge is 0.220 e. The maximum atomic E-state index is 13.0. The number of aliphatic hydroxyl groups is 5. The minimum absolute atomic E-state index is 0.214. The standard InChI is InChI=1S/C66H105NO8/c1-3-5-7-9-11-13-15-17-18-19-20-21-22-23-24-25-26-27-28-29-30-31-32-33-34-35-36-37-38-39-40-41-42-44-46-48-50-52-54-56-62(70)67-59(58-74-66-65(73)64(72)63(71)61(57-68)75-66)60(69)55-53-51-49-47-45-43-16-14-12-10-8-6-4-2/h5,7,11,13,17-18,20-21,23-24,26-27,29-30,32-33,35-36,38-39,41-42,45,47,53,55,59-61,63-66,68-69,71-73H,3-4,6,8-10,12,14-16,19,22,25,28,31,34,37,40,43-44,46,48-52,54,56-58H2,1-2H3,(H,67,70)/b7-5-,13-11-,18-17-,21-20-,24-23-,27-26-,30-29-,33-32-,36-35-,39-38-,42-41-,47-45+,55-53+. The summed E-state index contributed by atoms with van der Waals surface area (Å²) in [5, 5.41) is 54.3. The fourth-order valence-corrected chi connectivity index (χ4v) is 8.00. The molecule has 1 rings (SSSR count). The number of nitrogens with one attached hydrogen (secondary N) is 1. The first-order chi connectivity index (χ1) is 36.8. The van der Waals surface area contributed by atoms with Gasteiger partial charge in [-0.05, 0) is 116 Å². The van der Waals surface area contributed by atoms with Gasteiger partial charge < -0.3 is 40.3 Å². The number of amides is 1. The number of carbonyl (C=O) groups is 1. The molecular formula is C66H105NO8. The van der Waals surface area contributed by atoms with Gasteiger partial charge in [-0.25, -0.2) is 0 Å². The first-order valence-corrected chi connectivity index (χ1v) is 29.2. The Kier molecular flexibility index (Phi) is 48.8. The molecule has 7 atom stereocenters. The number of hydrogen-bond donors (Lipinski definition) is 6. The minimum atomic E-state index is -1.58. The van der Waals surface area contributed by atoms with E-state index in [-0.39, 0.29) is 12.5 Å². The lowest BCUT2D eigenvalue weighted by molar-refractivity contribution is -0.302. The topological polar surface area (TPSA) is 149 Å². The molecule has 0 bridgehead atoms. The number of carbonyl (C=O) groups excluding carboxylic acids is 1. The van der Waals surface area contributed by atoms with Gasteiger partial charge in [-0.15, -0.1) is 0 Å². The van der Waals surface area contributed by atoms with E-state index in [4.69, 9.17) is 9.47 Å². The van der Waals surface area contributed by atoms with Gasteiger partial charge in [-0.1, -0.05) is 230 Å². The van der Waals surface area contributed by atoms with Crippen molar-refractivity contribution < 1.29 is 39.8 Å². The van der Waals surface area contributed by atoms with Gasteiger partial charge in [0.2, 0.25) is 5.91 Å². The normalized spacial score (nSPS) is 20.1. The van der Waals surface area contributed by atoms with Gasteiger partial charge in [0, 0.05) is 6.42 Å². The molecule has 422 valence electrons. The summed E-state index contributed by atoms with van der Waals surface area (Å²) in [5.74, 6) is -0.214. The maximum Gasteiger partial charge on any atom is 0.220 e. The maximum absolute atomic E-state index is 13.0. The van der Waals surface area contributed by atoms with E-state index >= 15 is 0 Å². The van der Waals surface area contributed by atoms with E-state index in [2.05, 4.69) is 165 Å². The fraction of sp³-hybridized carbons (Fsp3) is 0.591. The van der Waals surface area contributed by atoms with Crippen LogP contribution in [0.2, 0.25) is 0 Å². The number of rotatable bonds is 47. The van der Waals surface area contributed by atoms with Crippen LogP contribution in [0.25, 0.3) is 0 Å². The number of ether oxygens (including phenoxy) is 2. The zero-order valence-electron chi connectivity index (χ0n) is 46.7. The molecule has 7 unspecified atom stereocenters. The summed E-state index contributed by atoms with van der Waals surface area (Å²) >= 11 is 0. The third-order valence-corrected chi connectivity index (χ3v) is 12.6. The summed E-state index contributed by atoms with van der Waals surface area (Å²) in [4.78, 5) is 13.0. The molecule has 1 aliphatic heterocycles. The molecule has 0 aliphatic carbocycles. The zero-order valence-corrected chi connectivity index (χ0v) is 46.7. The van der Waals surface area contributed by atoms with Crippen LogP contribution in [0, 0.1) is 0 Å². The van der Waals surface area contributed by atoms with Gasteiger partial charge in [-0.2, -0.15) is 0 Å². The fourth-order valence-electron chi connectivity index (χ4n) is 8.00. The highest BCUT2D eigenvalue weighted by Gasteiger charge is 2.44. The molecule has 0 spiro atoms. The van der Waals surface area contributed by atoms with Crippen molar-refractivity contribution in [3.8, 4) is 0 Å². The molecule has 75 heavy (non-hydrogen) atoms. The van der Waals surface area contributed by atoms with Crippen LogP contribution in [-0.4, -0.2) is 87.5 Å². The largest absolute Gasteiger partial charge is 0.394 e. The Morgan fingerprint density at radius 3 is 1.28 bits per heavy atom. The quantitative estimate of drug-likeness (QED) is 0.0261. The van der Waals surface area contributed by atoms with Crippen molar-refractivity contribution in [3.05, 3.63) is 158 Å². The van der Waals surface area contributed by atoms with Gasteiger partial charge in [-0.3, -0.25) is 4.79 Å². The summed E-state index contributed by atoms with van der Waals surface area (Å²) in [5.41, 5.74) is 0. The van der Waals surface area contributed by atoms with Gasteiger partial charge in [0.25, 0.3) is 0 Å². The van der Waals surface area contributed by atoms with E-state index in [1.807, 2.05) is 6.08 Å². The van der Waals surface area contributed by atoms with Gasteiger partial charge >= 0.3 is 0 Å². The number of allylic oxidation sites excluding steroid dienone is 25. The first kappa shape index (κ1) is 68.8. The van der Waals surface area contributed by atoms with Crippen molar-refractivity contribution in [3.63, 3.8) is 0 Å². The van der Waals surface area contributed by atoms with Crippen LogP contribution in [0.4, 0.5) is 0 Å². The zero-order chi connectivity index (χ0) is 54.3. The summed E-state index contributed by atoms with van der Waals surface area (Å²) in [6.45, 7) is 3.60. The number of unbranched alkanes of at least 4 members (excludes halogenated alkanes) is 13. The lowest BCUT2D eigenvalue weighted by atomic mass is 9.99. The highest BCUT2D eigenvalue weighted by molar-refractivity contribution is 5.76. The molecule has 0 aromatic carbocycles. The molecule has 0 saturated carbocycles. The van der Waals surface area contributed by atoms with Gasteiger partial charge in [0.1, 0.15) is 24.4 Å². The molecule has 0 radical (unpaired) electrons. The molecule has 1 heterocycles. The van der Waals surface area contributed by atoms with E-state index in [9.17, 15) is 30.3 Å². The van der Waals surface area contributed by atoms with Crippen molar-refractivity contribution in [2.24, 2.45) is 0 Å². The molecule has 1 aliphatic rings. The molecule has 1 saturated heterocycles. The van der Waals surface area contributed by atoms with Crippen LogP contribution in [0.1, 0.15) is 194 Å². The average Bonchev–Trinajstić information content (AvgIpc) is 3.41. The molecule has 1 amide bonds. The van der Waals surface area contributed by atoms with E-state index in [0.29, 0.717) is 6.42 Å². The Hall–Kier alpha value is -4.19. The first-order valence-electron chi connectivity index (χ1n) is 29.2. The van der Waals surface area contributed by atoms with Gasteiger partial charge in [0.05, 0.1) is 25.4 Å². The molecule has 9 heteroatoms. The Balaban J connectivity index is 2.21. The van der Waals surface area contributed by atoms with Crippen molar-refractivity contribution in [1.82, 2.24) is 5.32 Å². The molecule has 6 N–H and O–H groups in total. The van der Waals surface area contributed by atoms with Crippen LogP contribution in [-0.2, 0) is 14.3 Å². The lowest BCUT2D eigenvalue weighted by Gasteiger charge is -2.40. The predicted octanol–water partition coefficient (Wildman–Crippen LogP) is 14.8. The van der Waals surface area contributed by atoms with Crippen LogP contribution < -0.4 is 5.32 Å². The number of aliphatic hydroxyl groups excluding tert-OH is 5. The molecule has 0 aromatic rings. The predicted molar refractivity (Wildman–Crippen MR) is 317 cm³/mol. The average molecular weight is 1040 g/mol. The summed E-state index contributed by atoms with van der Waals surface area (Å²) in [6, 6.07) is -0.843. The molecular weight excluding hydrogens is 935 g/mol. The SMILES string of the molecule is CC/C=C\C/C=C\C/C=C\C/C=C\C/C=C\C/C=C\C/C=C\C/C=C\C/C=C\C/C=C\C/C=C\CCCCCCCC(=O)NC(COC1OC(CO)C(O)C(O)C1O)C(O)/C=C/CC/C=C/CCCCCCCCC. The van der Waals surface area contributed by atoms with Crippen LogP contribution >= 0.6 is 0 Å². The van der Waals surface area contributed by atoms with E-state index in [1.165, 1.54) is 44.9 Å². The summed E-state index contributed by atoms with van der Waals surface area (Å²) in [6.07, 6.45) is 77.4. The van der Waals surface area contributed by atoms with E-state index in [0.717, 1.165) is 128 Å². The molecule has 9 nitrogen and oxygen atoms in total. The number of hydrogen-bond acceptors (Lipinski definition) is 8. The highest BCUT2D eigenvalue weighted by Crippen LogP contribution is 2.22. The van der Waals surface area contributed by atoms with Crippen molar-refractivity contribution >= 4 is 5.91 Å². The van der Waals surface area contributed by atoms with E-state index < -0.39 is 49.5 Å². The lowest BCUT2D eigenvalue weighted by Crippen LogP contribution is -2.60. The molecule has 0 aromatic heterocycles. The Morgan fingerprint density at radius 2 is 0.840 bits per heavy atom. The Labute approximate surface area is 456 Å². The second-order valence-electron chi connectivity index (χ2n) is 19.3. The van der Waals surface area contributed by atoms with Crippen molar-refractivity contribution in [2.45, 2.75) is 236 Å². The summed E-state index contributed by atoms with van der Waals surface area (Å²) in [7, 11) is 0. The molecule has 1 fully saturated rings. The van der Waals surface area contributed by atoms with Crippen molar-refractivity contribution in [2.75, 3.05) is 13.2 Å². The summed E-state index contributed by atoms with van der Waals surface area (Å²) < 4.78 is 11.2. The monoisotopic (exact) mass is 1040 g/mol.